The first kappa shape index (κ1) is 8.40. The summed E-state index contributed by atoms with van der Waals surface area (Å²) in [5, 5.41) is 4.33. The van der Waals surface area contributed by atoms with Gasteiger partial charge in [-0.2, -0.15) is 0 Å². The average molecular weight is 172 g/mol. The molecule has 0 bridgehead atoms. The summed E-state index contributed by atoms with van der Waals surface area (Å²) in [6, 6.07) is 0. The summed E-state index contributed by atoms with van der Waals surface area (Å²) in [6.45, 7) is 1.99. The molecule has 0 amide bonds. The van der Waals surface area contributed by atoms with Gasteiger partial charge in [0.25, 0.3) is 0 Å². The Hall–Kier alpha value is -0.700. The zero-order valence-electron chi connectivity index (χ0n) is 6.49. The third-order valence-corrected chi connectivity index (χ3v) is 3.13. The lowest BCUT2D eigenvalue weighted by atomic mass is 10.6. The fourth-order valence-electron chi connectivity index (χ4n) is 0.814. The Morgan fingerprint density at radius 3 is 2.64 bits per heavy atom. The van der Waals surface area contributed by atoms with Gasteiger partial charge in [-0.1, -0.05) is 12.2 Å². The van der Waals surface area contributed by atoms with E-state index >= 15 is 0 Å². The molecule has 62 valence electrons. The number of esters is 1. The maximum absolute atomic E-state index is 10.4. The van der Waals surface area contributed by atoms with E-state index in [-0.39, 0.29) is 16.9 Å². The molecular formula is C8H12O2S. The molecule has 0 aromatic rings. The summed E-state index contributed by atoms with van der Waals surface area (Å²) in [5.74, 6) is 0.772. The first-order valence-electron chi connectivity index (χ1n) is 3.53. The number of ether oxygens (including phenoxy) is 1. The fourth-order valence-corrected chi connectivity index (χ4v) is 2.15. The van der Waals surface area contributed by atoms with Gasteiger partial charge in [-0.3, -0.25) is 4.79 Å². The highest BCUT2D eigenvalue weighted by Crippen LogP contribution is 2.31. The Morgan fingerprint density at radius 2 is 2.09 bits per heavy atom. The van der Waals surface area contributed by atoms with Crippen molar-refractivity contribution in [1.29, 1.82) is 0 Å². The normalized spacial score (nSPS) is 17.4. The molecule has 0 radical (unpaired) electrons. The number of allylic oxidation sites excluding steroid dienone is 2. The van der Waals surface area contributed by atoms with Crippen LogP contribution in [0.15, 0.2) is 23.0 Å². The van der Waals surface area contributed by atoms with Crippen molar-refractivity contribution >= 4 is 16.9 Å². The lowest BCUT2D eigenvalue weighted by Crippen LogP contribution is -2.03. The largest absolute Gasteiger partial charge is 0.465 e. The van der Waals surface area contributed by atoms with Gasteiger partial charge in [0, 0.05) is 12.7 Å². The number of rotatable bonds is 3. The van der Waals surface area contributed by atoms with Crippen LogP contribution in [0.3, 0.4) is 0 Å². The van der Waals surface area contributed by atoms with Crippen molar-refractivity contribution in [2.24, 2.45) is 0 Å². The van der Waals surface area contributed by atoms with Gasteiger partial charge in [-0.05, 0) is 10.8 Å². The van der Waals surface area contributed by atoms with Gasteiger partial charge in [0.15, 0.2) is 0 Å². The maximum atomic E-state index is 10.4. The minimum absolute atomic E-state index is 0.114. The van der Waals surface area contributed by atoms with E-state index < -0.39 is 0 Å². The number of hydrogen-bond donors (Lipinski definition) is 1. The van der Waals surface area contributed by atoms with Gasteiger partial charge in [0.2, 0.25) is 0 Å². The molecule has 0 aromatic heterocycles. The lowest BCUT2D eigenvalue weighted by Gasteiger charge is -2.08. The second kappa shape index (κ2) is 4.23. The van der Waals surface area contributed by atoms with E-state index in [1.165, 1.54) is 6.92 Å². The van der Waals surface area contributed by atoms with Crippen LogP contribution >= 0.6 is 10.9 Å². The highest BCUT2D eigenvalue weighted by molar-refractivity contribution is 8.22. The molecule has 0 atom stereocenters. The van der Waals surface area contributed by atoms with Crippen LogP contribution in [0.5, 0.6) is 0 Å². The van der Waals surface area contributed by atoms with Crippen LogP contribution in [0.25, 0.3) is 0 Å². The molecule has 1 aliphatic rings. The zero-order chi connectivity index (χ0) is 8.10. The van der Waals surface area contributed by atoms with Gasteiger partial charge in [-0.25, -0.2) is 10.9 Å². The molecule has 2 nitrogen and oxygen atoms in total. The fraction of sp³-hybridized carbons (Fsp3) is 0.375. The summed E-state index contributed by atoms with van der Waals surface area (Å²) < 4.78 is 4.81. The van der Waals surface area contributed by atoms with Crippen molar-refractivity contribution in [2.75, 3.05) is 12.4 Å². The zero-order valence-corrected chi connectivity index (χ0v) is 7.38. The van der Waals surface area contributed by atoms with E-state index in [0.717, 1.165) is 5.75 Å². The quantitative estimate of drug-likeness (QED) is 0.517. The van der Waals surface area contributed by atoms with E-state index in [1.807, 2.05) is 12.2 Å². The maximum Gasteiger partial charge on any atom is 0.302 e. The molecular weight excluding hydrogens is 160 g/mol. The van der Waals surface area contributed by atoms with Gasteiger partial charge < -0.3 is 4.74 Å². The van der Waals surface area contributed by atoms with Crippen LogP contribution < -0.4 is 0 Å². The molecule has 1 heterocycles. The van der Waals surface area contributed by atoms with E-state index in [4.69, 9.17) is 4.74 Å². The van der Waals surface area contributed by atoms with Crippen molar-refractivity contribution in [3.05, 3.63) is 23.0 Å². The van der Waals surface area contributed by atoms with Crippen LogP contribution in [0.2, 0.25) is 0 Å². The minimum Gasteiger partial charge on any atom is -0.465 e. The smallest absolute Gasteiger partial charge is 0.302 e. The monoisotopic (exact) mass is 172 g/mol. The summed E-state index contributed by atoms with van der Waals surface area (Å²) in [4.78, 5) is 10.4. The lowest BCUT2D eigenvalue weighted by molar-refractivity contribution is -0.140. The molecule has 0 N–H and O–H groups in total. The van der Waals surface area contributed by atoms with Gasteiger partial charge >= 0.3 is 5.97 Å². The number of thiol groups is 1. The Balaban J connectivity index is 2.08. The minimum atomic E-state index is -0.188. The van der Waals surface area contributed by atoms with Crippen LogP contribution in [-0.4, -0.2) is 18.3 Å². The topological polar surface area (TPSA) is 26.3 Å². The molecule has 3 heteroatoms. The summed E-state index contributed by atoms with van der Waals surface area (Å²) in [7, 11) is -0.114. The predicted octanol–water partition coefficient (Wildman–Crippen LogP) is 1.59. The van der Waals surface area contributed by atoms with Crippen molar-refractivity contribution in [3.8, 4) is 0 Å². The molecule has 0 fully saturated rings. The number of hydrogen-bond acceptors (Lipinski definition) is 2. The van der Waals surface area contributed by atoms with Crippen molar-refractivity contribution in [2.45, 2.75) is 6.92 Å². The van der Waals surface area contributed by atoms with Crippen LogP contribution in [0.1, 0.15) is 6.92 Å². The third kappa shape index (κ3) is 3.28. The van der Waals surface area contributed by atoms with E-state index in [2.05, 4.69) is 10.8 Å². The van der Waals surface area contributed by atoms with E-state index in [1.54, 1.807) is 0 Å². The van der Waals surface area contributed by atoms with Crippen molar-refractivity contribution in [1.82, 2.24) is 0 Å². The highest BCUT2D eigenvalue weighted by Gasteiger charge is 1.99. The predicted molar refractivity (Wildman–Crippen MR) is 48.8 cm³/mol. The molecule has 0 aromatic carbocycles. The van der Waals surface area contributed by atoms with Crippen LogP contribution in [-0.2, 0) is 9.53 Å². The molecule has 0 saturated heterocycles. The summed E-state index contributed by atoms with van der Waals surface area (Å²) in [6.07, 6.45) is 4.08. The highest BCUT2D eigenvalue weighted by atomic mass is 32.2. The van der Waals surface area contributed by atoms with Crippen LogP contribution in [0, 0.1) is 0 Å². The summed E-state index contributed by atoms with van der Waals surface area (Å²) in [5.41, 5.74) is 0. The van der Waals surface area contributed by atoms with Gasteiger partial charge in [0.05, 0.1) is 6.61 Å². The molecule has 0 spiro atoms. The van der Waals surface area contributed by atoms with Gasteiger partial charge in [0.1, 0.15) is 0 Å². The van der Waals surface area contributed by atoms with E-state index in [0.29, 0.717) is 6.61 Å². The second-order valence-corrected chi connectivity index (χ2v) is 4.33. The molecule has 1 aliphatic heterocycles. The van der Waals surface area contributed by atoms with Gasteiger partial charge in [-0.15, -0.1) is 0 Å². The molecule has 1 rings (SSSR count). The third-order valence-electron chi connectivity index (χ3n) is 1.32. The SMILES string of the molecule is CC(=O)OCC[SH]1C=CC=C1. The Labute approximate surface area is 69.3 Å². The van der Waals surface area contributed by atoms with Crippen LogP contribution in [0.4, 0.5) is 0 Å². The molecule has 0 saturated carbocycles. The number of carbonyl (C=O) groups excluding carboxylic acids is 1. The Morgan fingerprint density at radius 1 is 1.45 bits per heavy atom. The first-order chi connectivity index (χ1) is 5.29. The second-order valence-electron chi connectivity index (χ2n) is 2.26. The average Bonchev–Trinajstić information content (AvgIpc) is 2.39. The first-order valence-corrected chi connectivity index (χ1v) is 5.19. The van der Waals surface area contributed by atoms with E-state index in [9.17, 15) is 4.79 Å². The summed E-state index contributed by atoms with van der Waals surface area (Å²) >= 11 is 0. The standard InChI is InChI=1S/C8H12O2S/c1-8(9)10-4-7-11-5-2-3-6-11/h2-3,5-6,11H,4,7H2,1H3. The van der Waals surface area contributed by atoms with Crippen molar-refractivity contribution < 1.29 is 9.53 Å². The molecule has 11 heavy (non-hydrogen) atoms. The number of carbonyl (C=O) groups is 1. The Kier molecular flexibility index (Phi) is 3.23. The van der Waals surface area contributed by atoms with Crippen molar-refractivity contribution in [3.63, 3.8) is 0 Å². The Bertz CT molecular complexity index is 184. The molecule has 0 aliphatic carbocycles. The molecule has 0 unspecified atom stereocenters.